The summed E-state index contributed by atoms with van der Waals surface area (Å²) in [5, 5.41) is 9.01. The number of fused-ring (bicyclic) bond motifs is 1. The molecule has 4 aromatic rings. The van der Waals surface area contributed by atoms with Crippen LogP contribution in [0.15, 0.2) is 41.0 Å². The monoisotopic (exact) mass is 458 g/mol. The molecule has 4 rings (SSSR count). The van der Waals surface area contributed by atoms with Gasteiger partial charge in [-0.3, -0.25) is 4.79 Å². The van der Waals surface area contributed by atoms with Crippen LogP contribution in [0.25, 0.3) is 16.7 Å². The molecule has 0 unspecified atom stereocenters. The molecule has 0 aliphatic heterocycles. The highest BCUT2D eigenvalue weighted by Crippen LogP contribution is 2.28. The van der Waals surface area contributed by atoms with E-state index in [1.807, 2.05) is 37.6 Å². The number of rotatable bonds is 8. The lowest BCUT2D eigenvalue weighted by Gasteiger charge is -2.15. The average molecular weight is 459 g/mol. The Balaban J connectivity index is 1.49. The third kappa shape index (κ3) is 4.91. The van der Waals surface area contributed by atoms with E-state index in [1.165, 1.54) is 11.1 Å². The molecular weight excluding hydrogens is 424 g/mol. The van der Waals surface area contributed by atoms with Crippen molar-refractivity contribution in [1.82, 2.24) is 20.1 Å². The predicted molar refractivity (Wildman–Crippen MR) is 136 cm³/mol. The summed E-state index contributed by atoms with van der Waals surface area (Å²) in [5.41, 5.74) is 8.58. The fraction of sp³-hybridized carbons (Fsp3) is 0.393. The van der Waals surface area contributed by atoms with Gasteiger partial charge < -0.3 is 9.73 Å². The number of aromatic nitrogens is 3. The maximum atomic E-state index is 12.6. The molecule has 0 aliphatic rings. The largest absolute Gasteiger partial charge is 0.469 e. The molecule has 6 nitrogen and oxygen atoms in total. The SMILES string of the molecule is Cc1ccc(-n2nc(C)c3c(C)c(CCC(=O)N[C@@H](C)CCc4ccco4)c(C)nc32)cc1C. The lowest BCUT2D eigenvalue weighted by atomic mass is 9.99. The van der Waals surface area contributed by atoms with Crippen molar-refractivity contribution in [3.05, 3.63) is 76.0 Å². The lowest BCUT2D eigenvalue weighted by Crippen LogP contribution is -2.33. The van der Waals surface area contributed by atoms with Gasteiger partial charge in [-0.15, -0.1) is 0 Å². The highest BCUT2D eigenvalue weighted by Gasteiger charge is 2.19. The highest BCUT2D eigenvalue weighted by molar-refractivity contribution is 5.85. The maximum absolute atomic E-state index is 12.6. The molecule has 0 aliphatic carbocycles. The second kappa shape index (κ2) is 9.84. The molecule has 0 saturated heterocycles. The summed E-state index contributed by atoms with van der Waals surface area (Å²) in [4.78, 5) is 17.6. The number of carbonyl (C=O) groups is 1. The lowest BCUT2D eigenvalue weighted by molar-refractivity contribution is -0.121. The van der Waals surface area contributed by atoms with E-state index in [4.69, 9.17) is 14.5 Å². The zero-order chi connectivity index (χ0) is 24.4. The second-order valence-electron chi connectivity index (χ2n) is 9.35. The number of hydrogen-bond acceptors (Lipinski definition) is 4. The molecular formula is C28H34N4O2. The molecule has 1 amide bonds. The molecule has 1 atom stereocenters. The number of benzene rings is 1. The summed E-state index contributed by atoms with van der Waals surface area (Å²) in [5.74, 6) is 1.01. The minimum absolute atomic E-state index is 0.0633. The van der Waals surface area contributed by atoms with Crippen LogP contribution in [0, 0.1) is 34.6 Å². The van der Waals surface area contributed by atoms with E-state index in [2.05, 4.69) is 44.3 Å². The topological polar surface area (TPSA) is 73.0 Å². The minimum atomic E-state index is 0.0633. The van der Waals surface area contributed by atoms with Gasteiger partial charge in [-0.05, 0) is 101 Å². The van der Waals surface area contributed by atoms with Gasteiger partial charge in [0.1, 0.15) is 5.76 Å². The van der Waals surface area contributed by atoms with Crippen LogP contribution >= 0.6 is 0 Å². The molecule has 3 heterocycles. The van der Waals surface area contributed by atoms with Crippen molar-refractivity contribution < 1.29 is 9.21 Å². The van der Waals surface area contributed by atoms with Crippen LogP contribution in [0.4, 0.5) is 0 Å². The fourth-order valence-electron chi connectivity index (χ4n) is 4.58. The number of hydrogen-bond donors (Lipinski definition) is 1. The van der Waals surface area contributed by atoms with Gasteiger partial charge in [-0.2, -0.15) is 5.10 Å². The fourth-order valence-corrected chi connectivity index (χ4v) is 4.58. The molecule has 6 heteroatoms. The van der Waals surface area contributed by atoms with Gasteiger partial charge >= 0.3 is 0 Å². The van der Waals surface area contributed by atoms with Gasteiger partial charge in [-0.25, -0.2) is 9.67 Å². The van der Waals surface area contributed by atoms with Gasteiger partial charge in [0.15, 0.2) is 5.65 Å². The Morgan fingerprint density at radius 2 is 1.85 bits per heavy atom. The van der Waals surface area contributed by atoms with E-state index in [0.717, 1.165) is 57.8 Å². The first-order valence-electron chi connectivity index (χ1n) is 12.0. The van der Waals surface area contributed by atoms with E-state index in [9.17, 15) is 4.79 Å². The number of nitrogens with zero attached hydrogens (tertiary/aromatic N) is 3. The quantitative estimate of drug-likeness (QED) is 0.372. The standard InChI is InChI=1S/C28H34N4O2/c1-17-9-11-23(16-18(17)2)32-28-27(22(6)31-32)20(4)25(21(5)30-28)13-14-26(33)29-19(3)10-12-24-8-7-15-34-24/h7-9,11,15-16,19H,10,12-14H2,1-6H3,(H,29,33)/t19-/m0/s1. The molecule has 0 fully saturated rings. The normalized spacial score (nSPS) is 12.3. The van der Waals surface area contributed by atoms with E-state index < -0.39 is 0 Å². The minimum Gasteiger partial charge on any atom is -0.469 e. The van der Waals surface area contributed by atoms with Crippen molar-refractivity contribution in [2.45, 2.75) is 73.3 Å². The Morgan fingerprint density at radius 1 is 1.06 bits per heavy atom. The second-order valence-corrected chi connectivity index (χ2v) is 9.35. The summed E-state index contributed by atoms with van der Waals surface area (Å²) < 4.78 is 7.32. The van der Waals surface area contributed by atoms with Crippen LogP contribution < -0.4 is 5.32 Å². The summed E-state index contributed by atoms with van der Waals surface area (Å²) in [6.07, 6.45) is 4.44. The molecule has 1 aromatic carbocycles. The van der Waals surface area contributed by atoms with Crippen molar-refractivity contribution >= 4 is 16.9 Å². The van der Waals surface area contributed by atoms with Crippen LogP contribution in [0.5, 0.6) is 0 Å². The van der Waals surface area contributed by atoms with Crippen molar-refractivity contribution in [2.24, 2.45) is 0 Å². The first-order valence-corrected chi connectivity index (χ1v) is 12.0. The van der Waals surface area contributed by atoms with Crippen LogP contribution in [-0.4, -0.2) is 26.7 Å². The number of carbonyl (C=O) groups excluding carboxylic acids is 1. The number of amides is 1. The van der Waals surface area contributed by atoms with Crippen molar-refractivity contribution in [3.63, 3.8) is 0 Å². The van der Waals surface area contributed by atoms with Crippen molar-refractivity contribution in [3.8, 4) is 5.69 Å². The summed E-state index contributed by atoms with van der Waals surface area (Å²) in [6, 6.07) is 10.3. The van der Waals surface area contributed by atoms with Crippen LogP contribution in [-0.2, 0) is 17.6 Å². The summed E-state index contributed by atoms with van der Waals surface area (Å²) >= 11 is 0. The third-order valence-corrected chi connectivity index (χ3v) is 6.72. The highest BCUT2D eigenvalue weighted by atomic mass is 16.3. The first-order chi connectivity index (χ1) is 16.2. The Morgan fingerprint density at radius 3 is 2.56 bits per heavy atom. The zero-order valence-corrected chi connectivity index (χ0v) is 21.0. The molecule has 34 heavy (non-hydrogen) atoms. The van der Waals surface area contributed by atoms with Crippen LogP contribution in [0.2, 0.25) is 0 Å². The molecule has 178 valence electrons. The zero-order valence-electron chi connectivity index (χ0n) is 21.0. The van der Waals surface area contributed by atoms with E-state index >= 15 is 0 Å². The average Bonchev–Trinajstić information content (AvgIpc) is 3.42. The Labute approximate surface area is 201 Å². The molecule has 0 spiro atoms. The van der Waals surface area contributed by atoms with Crippen molar-refractivity contribution in [2.75, 3.05) is 0 Å². The Kier molecular flexibility index (Phi) is 6.87. The molecule has 0 bridgehead atoms. The van der Waals surface area contributed by atoms with Gasteiger partial charge in [0.05, 0.1) is 17.6 Å². The number of aryl methyl sites for hydroxylation is 6. The van der Waals surface area contributed by atoms with Crippen LogP contribution in [0.3, 0.4) is 0 Å². The molecule has 1 N–H and O–H groups in total. The van der Waals surface area contributed by atoms with E-state index in [0.29, 0.717) is 12.8 Å². The summed E-state index contributed by atoms with van der Waals surface area (Å²) in [7, 11) is 0. The van der Waals surface area contributed by atoms with E-state index in [1.54, 1.807) is 6.26 Å². The third-order valence-electron chi connectivity index (χ3n) is 6.72. The summed E-state index contributed by atoms with van der Waals surface area (Å²) in [6.45, 7) is 12.4. The van der Waals surface area contributed by atoms with Crippen molar-refractivity contribution in [1.29, 1.82) is 0 Å². The smallest absolute Gasteiger partial charge is 0.220 e. The maximum Gasteiger partial charge on any atom is 0.220 e. The molecule has 0 saturated carbocycles. The number of pyridine rings is 1. The van der Waals surface area contributed by atoms with Gasteiger partial charge in [-0.1, -0.05) is 6.07 Å². The first kappa shape index (κ1) is 23.7. The molecule has 0 radical (unpaired) electrons. The Bertz CT molecular complexity index is 1320. The predicted octanol–water partition coefficient (Wildman–Crippen LogP) is 5.63. The number of furan rings is 1. The van der Waals surface area contributed by atoms with Gasteiger partial charge in [0, 0.05) is 30.0 Å². The van der Waals surface area contributed by atoms with E-state index in [-0.39, 0.29) is 11.9 Å². The Hall–Kier alpha value is -3.41. The molecule has 3 aromatic heterocycles. The van der Waals surface area contributed by atoms with Gasteiger partial charge in [0.25, 0.3) is 0 Å². The van der Waals surface area contributed by atoms with Gasteiger partial charge in [0.2, 0.25) is 5.91 Å². The number of nitrogens with one attached hydrogen (secondary N) is 1. The van der Waals surface area contributed by atoms with Crippen LogP contribution in [0.1, 0.15) is 59.2 Å².